The average molecular weight is 257 g/mol. The molecule has 19 heavy (non-hydrogen) atoms. The SMILES string of the molecule is O=C(O)c1ccc2[nH]nc(-c3cccc(F)c3)c2n1. The van der Waals surface area contributed by atoms with Crippen LogP contribution >= 0.6 is 0 Å². The van der Waals surface area contributed by atoms with Crippen molar-refractivity contribution in [2.24, 2.45) is 0 Å². The Labute approximate surface area is 106 Å². The molecule has 0 saturated heterocycles. The Morgan fingerprint density at radius 1 is 1.26 bits per heavy atom. The predicted molar refractivity (Wildman–Crippen MR) is 66.2 cm³/mol. The zero-order chi connectivity index (χ0) is 13.4. The maximum Gasteiger partial charge on any atom is 0.354 e. The fourth-order valence-electron chi connectivity index (χ4n) is 1.86. The lowest BCUT2D eigenvalue weighted by atomic mass is 10.1. The van der Waals surface area contributed by atoms with Crippen LogP contribution in [0.5, 0.6) is 0 Å². The summed E-state index contributed by atoms with van der Waals surface area (Å²) in [5, 5.41) is 15.7. The van der Waals surface area contributed by atoms with Crippen molar-refractivity contribution in [2.45, 2.75) is 0 Å². The number of pyridine rings is 1. The van der Waals surface area contributed by atoms with Crippen LogP contribution in [0.3, 0.4) is 0 Å². The minimum atomic E-state index is -1.12. The number of hydrogen-bond acceptors (Lipinski definition) is 3. The average Bonchev–Trinajstić information content (AvgIpc) is 2.81. The standard InChI is InChI=1S/C13H8FN3O2/c14-8-3-1-2-7(6-8)11-12-9(16-17-11)4-5-10(15-12)13(18)19/h1-6H,(H,16,17)(H,18,19). The van der Waals surface area contributed by atoms with Gasteiger partial charge in [-0.25, -0.2) is 14.2 Å². The zero-order valence-corrected chi connectivity index (χ0v) is 9.59. The summed E-state index contributed by atoms with van der Waals surface area (Å²) in [4.78, 5) is 14.9. The molecule has 6 heteroatoms. The van der Waals surface area contributed by atoms with E-state index in [0.29, 0.717) is 22.3 Å². The number of carboxylic acid groups (broad SMARTS) is 1. The number of rotatable bonds is 2. The van der Waals surface area contributed by atoms with Gasteiger partial charge in [0.1, 0.15) is 22.7 Å². The number of halogens is 1. The van der Waals surface area contributed by atoms with Gasteiger partial charge in [0.15, 0.2) is 0 Å². The van der Waals surface area contributed by atoms with Crippen LogP contribution in [0.4, 0.5) is 4.39 Å². The zero-order valence-electron chi connectivity index (χ0n) is 9.59. The molecule has 0 aliphatic rings. The van der Waals surface area contributed by atoms with Crippen LogP contribution in [0.15, 0.2) is 36.4 Å². The number of aromatic carboxylic acids is 1. The van der Waals surface area contributed by atoms with Crippen molar-refractivity contribution >= 4 is 17.0 Å². The number of nitrogens with one attached hydrogen (secondary N) is 1. The molecular formula is C13H8FN3O2. The molecule has 0 fully saturated rings. The largest absolute Gasteiger partial charge is 0.477 e. The van der Waals surface area contributed by atoms with Crippen LogP contribution in [0, 0.1) is 5.82 Å². The van der Waals surface area contributed by atoms with Crippen LogP contribution in [0.1, 0.15) is 10.5 Å². The van der Waals surface area contributed by atoms with Crippen molar-refractivity contribution in [3.63, 3.8) is 0 Å². The van der Waals surface area contributed by atoms with Gasteiger partial charge in [-0.15, -0.1) is 0 Å². The molecule has 0 radical (unpaired) electrons. The summed E-state index contributed by atoms with van der Waals surface area (Å²) in [6, 6.07) is 8.87. The third-order valence-electron chi connectivity index (χ3n) is 2.72. The number of H-pyrrole nitrogens is 1. The third-order valence-corrected chi connectivity index (χ3v) is 2.72. The van der Waals surface area contributed by atoms with Crippen LogP contribution in [-0.2, 0) is 0 Å². The second-order valence-electron chi connectivity index (χ2n) is 3.98. The predicted octanol–water partition coefficient (Wildman–Crippen LogP) is 2.46. The van der Waals surface area contributed by atoms with Gasteiger partial charge in [0.25, 0.3) is 0 Å². The lowest BCUT2D eigenvalue weighted by molar-refractivity contribution is 0.0691. The monoisotopic (exact) mass is 257 g/mol. The molecule has 3 aromatic rings. The van der Waals surface area contributed by atoms with Gasteiger partial charge in [-0.3, -0.25) is 5.10 Å². The smallest absolute Gasteiger partial charge is 0.354 e. The summed E-state index contributed by atoms with van der Waals surface area (Å²) >= 11 is 0. The van der Waals surface area contributed by atoms with Gasteiger partial charge < -0.3 is 5.11 Å². The number of carbonyl (C=O) groups is 1. The molecular weight excluding hydrogens is 249 g/mol. The van der Waals surface area contributed by atoms with E-state index in [-0.39, 0.29) is 11.5 Å². The topological polar surface area (TPSA) is 78.9 Å². The van der Waals surface area contributed by atoms with E-state index in [1.54, 1.807) is 18.2 Å². The molecule has 0 bridgehead atoms. The Hall–Kier alpha value is -2.76. The van der Waals surface area contributed by atoms with E-state index in [4.69, 9.17) is 5.11 Å². The molecule has 2 N–H and O–H groups in total. The Morgan fingerprint density at radius 3 is 2.84 bits per heavy atom. The molecule has 5 nitrogen and oxygen atoms in total. The number of hydrogen-bond donors (Lipinski definition) is 2. The molecule has 94 valence electrons. The highest BCUT2D eigenvalue weighted by Gasteiger charge is 2.13. The Bertz CT molecular complexity index is 782. The van der Waals surface area contributed by atoms with E-state index < -0.39 is 5.97 Å². The minimum absolute atomic E-state index is 0.0773. The fourth-order valence-corrected chi connectivity index (χ4v) is 1.86. The van der Waals surface area contributed by atoms with Gasteiger partial charge in [0.2, 0.25) is 0 Å². The van der Waals surface area contributed by atoms with E-state index in [1.807, 2.05) is 0 Å². The van der Waals surface area contributed by atoms with Crippen LogP contribution < -0.4 is 0 Å². The molecule has 0 aliphatic carbocycles. The Morgan fingerprint density at radius 2 is 2.11 bits per heavy atom. The number of fused-ring (bicyclic) bond motifs is 1. The van der Waals surface area contributed by atoms with E-state index in [0.717, 1.165) is 0 Å². The second kappa shape index (κ2) is 4.16. The highest BCUT2D eigenvalue weighted by molar-refractivity contribution is 5.94. The first-order chi connectivity index (χ1) is 9.15. The fraction of sp³-hybridized carbons (Fsp3) is 0. The first-order valence-corrected chi connectivity index (χ1v) is 5.49. The molecule has 0 amide bonds. The van der Waals surface area contributed by atoms with Gasteiger partial charge in [0.05, 0.1) is 5.52 Å². The highest BCUT2D eigenvalue weighted by atomic mass is 19.1. The molecule has 0 atom stereocenters. The molecule has 1 aromatic carbocycles. The van der Waals surface area contributed by atoms with Gasteiger partial charge >= 0.3 is 5.97 Å². The van der Waals surface area contributed by atoms with Gasteiger partial charge in [-0.2, -0.15) is 5.10 Å². The molecule has 0 spiro atoms. The van der Waals surface area contributed by atoms with Crippen LogP contribution in [-0.4, -0.2) is 26.3 Å². The Kier molecular flexibility index (Phi) is 2.49. The van der Waals surface area contributed by atoms with Crippen molar-refractivity contribution in [2.75, 3.05) is 0 Å². The number of benzene rings is 1. The molecule has 0 unspecified atom stereocenters. The maximum absolute atomic E-state index is 13.2. The van der Waals surface area contributed by atoms with Gasteiger partial charge in [-0.1, -0.05) is 12.1 Å². The third kappa shape index (κ3) is 1.93. The maximum atomic E-state index is 13.2. The minimum Gasteiger partial charge on any atom is -0.477 e. The molecule has 3 rings (SSSR count). The summed E-state index contributed by atoms with van der Waals surface area (Å²) in [7, 11) is 0. The van der Waals surface area contributed by atoms with E-state index in [2.05, 4.69) is 15.2 Å². The lowest BCUT2D eigenvalue weighted by Crippen LogP contribution is -1.99. The van der Waals surface area contributed by atoms with E-state index in [1.165, 1.54) is 18.2 Å². The van der Waals surface area contributed by atoms with Crippen molar-refractivity contribution in [1.82, 2.24) is 15.2 Å². The van der Waals surface area contributed by atoms with Crippen LogP contribution in [0.25, 0.3) is 22.3 Å². The van der Waals surface area contributed by atoms with Gasteiger partial charge in [0, 0.05) is 5.56 Å². The molecule has 2 aromatic heterocycles. The number of carboxylic acids is 1. The first-order valence-electron chi connectivity index (χ1n) is 5.49. The normalized spacial score (nSPS) is 10.8. The summed E-state index contributed by atoms with van der Waals surface area (Å²) in [6.45, 7) is 0. The summed E-state index contributed by atoms with van der Waals surface area (Å²) in [5.74, 6) is -1.50. The van der Waals surface area contributed by atoms with Crippen molar-refractivity contribution in [3.8, 4) is 11.3 Å². The van der Waals surface area contributed by atoms with E-state index in [9.17, 15) is 9.18 Å². The molecule has 0 saturated carbocycles. The van der Waals surface area contributed by atoms with Crippen molar-refractivity contribution in [1.29, 1.82) is 0 Å². The number of nitrogens with zero attached hydrogens (tertiary/aromatic N) is 2. The van der Waals surface area contributed by atoms with Gasteiger partial charge in [-0.05, 0) is 24.3 Å². The number of aromatic amines is 1. The summed E-state index contributed by atoms with van der Waals surface area (Å²) in [6.07, 6.45) is 0. The quantitative estimate of drug-likeness (QED) is 0.739. The van der Waals surface area contributed by atoms with E-state index >= 15 is 0 Å². The van der Waals surface area contributed by atoms with Crippen molar-refractivity contribution in [3.05, 3.63) is 47.9 Å². The summed E-state index contributed by atoms with van der Waals surface area (Å²) < 4.78 is 13.2. The highest BCUT2D eigenvalue weighted by Crippen LogP contribution is 2.25. The van der Waals surface area contributed by atoms with Crippen molar-refractivity contribution < 1.29 is 14.3 Å². The van der Waals surface area contributed by atoms with Crippen LogP contribution in [0.2, 0.25) is 0 Å². The summed E-state index contributed by atoms with van der Waals surface area (Å²) in [5.41, 5.74) is 1.90. The number of aromatic nitrogens is 3. The molecule has 0 aliphatic heterocycles. The first kappa shape index (κ1) is 11.3. The Balaban J connectivity index is 2.24. The second-order valence-corrected chi connectivity index (χ2v) is 3.98. The lowest BCUT2D eigenvalue weighted by Gasteiger charge is -1.98. The molecule has 2 heterocycles.